The van der Waals surface area contributed by atoms with E-state index in [9.17, 15) is 14.4 Å². The van der Waals surface area contributed by atoms with E-state index < -0.39 is 23.4 Å². The van der Waals surface area contributed by atoms with Gasteiger partial charge in [0.15, 0.2) is 0 Å². The van der Waals surface area contributed by atoms with Crippen LogP contribution in [-0.4, -0.2) is 28.1 Å². The number of hydrogen-bond donors (Lipinski definition) is 3. The van der Waals surface area contributed by atoms with Crippen LogP contribution in [0.2, 0.25) is 10.0 Å². The molecule has 0 atom stereocenters. The number of carboxylic acid groups (broad SMARTS) is 2. The fourth-order valence-electron chi connectivity index (χ4n) is 1.05. The van der Waals surface area contributed by atoms with Crippen molar-refractivity contribution in [3.8, 4) is 0 Å². The maximum Gasteiger partial charge on any atom is 0.394 e. The molecule has 8 heteroatoms. The Bertz CT molecular complexity index is 514. The Morgan fingerprint density at radius 3 is 2.06 bits per heavy atom. The standard InChI is InChI=1S/C9H5Cl2NO5/c10-3-1-2-4(11)6(5(3)8(14)15)12-7(13)9(16)17/h1-2H,(H,12,13)(H,14,15)(H,16,17). The normalized spacial score (nSPS) is 9.76. The van der Waals surface area contributed by atoms with Gasteiger partial charge >= 0.3 is 17.8 Å². The topological polar surface area (TPSA) is 104 Å². The lowest BCUT2D eigenvalue weighted by molar-refractivity contribution is -0.147. The fourth-order valence-corrected chi connectivity index (χ4v) is 1.49. The summed E-state index contributed by atoms with van der Waals surface area (Å²) < 4.78 is 0. The molecule has 3 N–H and O–H groups in total. The molecule has 0 aliphatic heterocycles. The molecule has 0 saturated heterocycles. The molecule has 0 radical (unpaired) electrons. The number of nitrogens with one attached hydrogen (secondary N) is 1. The predicted octanol–water partition coefficient (Wildman–Crippen LogP) is 1.71. The van der Waals surface area contributed by atoms with Gasteiger partial charge in [-0.1, -0.05) is 23.2 Å². The number of aromatic carboxylic acids is 1. The number of carboxylic acids is 2. The molecule has 0 unspecified atom stereocenters. The molecule has 0 spiro atoms. The summed E-state index contributed by atoms with van der Waals surface area (Å²) in [5.74, 6) is -4.60. The lowest BCUT2D eigenvalue weighted by atomic mass is 10.1. The van der Waals surface area contributed by atoms with Gasteiger partial charge in [0.25, 0.3) is 0 Å². The zero-order valence-electron chi connectivity index (χ0n) is 8.03. The maximum atomic E-state index is 10.9. The summed E-state index contributed by atoms with van der Waals surface area (Å²) >= 11 is 11.3. The lowest BCUT2D eigenvalue weighted by Gasteiger charge is -2.09. The fraction of sp³-hybridized carbons (Fsp3) is 0. The molecule has 90 valence electrons. The molecule has 0 bridgehead atoms. The van der Waals surface area contributed by atoms with Gasteiger partial charge in [-0.2, -0.15) is 0 Å². The van der Waals surface area contributed by atoms with E-state index in [0.29, 0.717) is 0 Å². The van der Waals surface area contributed by atoms with Crippen molar-refractivity contribution in [3.63, 3.8) is 0 Å². The van der Waals surface area contributed by atoms with Crippen LogP contribution in [-0.2, 0) is 9.59 Å². The minimum Gasteiger partial charge on any atom is -0.478 e. The third-order valence-corrected chi connectivity index (χ3v) is 2.38. The molecule has 1 rings (SSSR count). The molecule has 0 saturated carbocycles. The summed E-state index contributed by atoms with van der Waals surface area (Å²) in [5, 5.41) is 18.9. The predicted molar refractivity (Wildman–Crippen MR) is 59.7 cm³/mol. The summed E-state index contributed by atoms with van der Waals surface area (Å²) in [6.45, 7) is 0. The van der Waals surface area contributed by atoms with E-state index in [0.717, 1.165) is 0 Å². The van der Waals surface area contributed by atoms with E-state index >= 15 is 0 Å². The second-order valence-electron chi connectivity index (χ2n) is 2.84. The highest BCUT2D eigenvalue weighted by molar-refractivity contribution is 6.42. The Hall–Kier alpha value is -1.79. The highest BCUT2D eigenvalue weighted by Gasteiger charge is 2.21. The van der Waals surface area contributed by atoms with Crippen LogP contribution in [0.4, 0.5) is 5.69 Å². The molecular formula is C9H5Cl2NO5. The Kier molecular flexibility index (Phi) is 3.93. The molecular weight excluding hydrogens is 273 g/mol. The third kappa shape index (κ3) is 2.86. The first kappa shape index (κ1) is 13.3. The second-order valence-corrected chi connectivity index (χ2v) is 3.66. The van der Waals surface area contributed by atoms with E-state index in [4.69, 9.17) is 33.4 Å². The monoisotopic (exact) mass is 277 g/mol. The molecule has 0 heterocycles. The summed E-state index contributed by atoms with van der Waals surface area (Å²) in [6.07, 6.45) is 0. The van der Waals surface area contributed by atoms with Crippen LogP contribution < -0.4 is 5.32 Å². The quantitative estimate of drug-likeness (QED) is 0.714. The minimum atomic E-state index is -1.77. The van der Waals surface area contributed by atoms with E-state index in [2.05, 4.69) is 0 Å². The van der Waals surface area contributed by atoms with E-state index in [1.165, 1.54) is 12.1 Å². The highest BCUT2D eigenvalue weighted by Crippen LogP contribution is 2.31. The average molecular weight is 278 g/mol. The molecule has 0 fully saturated rings. The third-order valence-electron chi connectivity index (χ3n) is 1.75. The summed E-state index contributed by atoms with van der Waals surface area (Å²) in [4.78, 5) is 32.2. The van der Waals surface area contributed by atoms with Crippen LogP contribution in [0, 0.1) is 0 Å². The number of aliphatic carboxylic acids is 1. The highest BCUT2D eigenvalue weighted by atomic mass is 35.5. The molecule has 0 aliphatic rings. The van der Waals surface area contributed by atoms with Crippen LogP contribution in [0.15, 0.2) is 12.1 Å². The molecule has 1 aromatic carbocycles. The number of rotatable bonds is 2. The van der Waals surface area contributed by atoms with E-state index in [1.54, 1.807) is 0 Å². The molecule has 6 nitrogen and oxygen atoms in total. The van der Waals surface area contributed by atoms with Crippen molar-refractivity contribution < 1.29 is 24.6 Å². The largest absolute Gasteiger partial charge is 0.478 e. The zero-order valence-corrected chi connectivity index (χ0v) is 9.54. The van der Waals surface area contributed by atoms with Gasteiger partial charge in [0.05, 0.1) is 15.7 Å². The molecule has 1 aromatic rings. The number of anilines is 1. The first-order chi connectivity index (χ1) is 7.84. The first-order valence-electron chi connectivity index (χ1n) is 4.10. The Morgan fingerprint density at radius 1 is 1.06 bits per heavy atom. The van der Waals surface area contributed by atoms with Crippen molar-refractivity contribution in [1.29, 1.82) is 0 Å². The Balaban J connectivity index is 3.30. The van der Waals surface area contributed by atoms with Crippen LogP contribution in [0.5, 0.6) is 0 Å². The van der Waals surface area contributed by atoms with Crippen molar-refractivity contribution in [3.05, 3.63) is 27.7 Å². The summed E-state index contributed by atoms with van der Waals surface area (Å²) in [5.41, 5.74) is -0.812. The van der Waals surface area contributed by atoms with E-state index in [-0.39, 0.29) is 15.7 Å². The Labute approximate surface area is 105 Å². The van der Waals surface area contributed by atoms with Crippen molar-refractivity contribution in [2.24, 2.45) is 0 Å². The van der Waals surface area contributed by atoms with Crippen molar-refractivity contribution in [2.45, 2.75) is 0 Å². The Morgan fingerprint density at radius 2 is 1.59 bits per heavy atom. The van der Waals surface area contributed by atoms with Crippen LogP contribution >= 0.6 is 23.2 Å². The summed E-state index contributed by atoms with van der Waals surface area (Å²) in [6, 6.07) is 2.47. The smallest absolute Gasteiger partial charge is 0.394 e. The van der Waals surface area contributed by atoms with Gasteiger partial charge < -0.3 is 15.5 Å². The number of halogens is 2. The van der Waals surface area contributed by atoms with Gasteiger partial charge in [-0.05, 0) is 12.1 Å². The van der Waals surface area contributed by atoms with Crippen LogP contribution in [0.3, 0.4) is 0 Å². The summed E-state index contributed by atoms with van der Waals surface area (Å²) in [7, 11) is 0. The van der Waals surface area contributed by atoms with Crippen LogP contribution in [0.25, 0.3) is 0 Å². The van der Waals surface area contributed by atoms with Crippen molar-refractivity contribution >= 4 is 46.7 Å². The number of carbonyl (C=O) groups excluding carboxylic acids is 1. The second kappa shape index (κ2) is 5.03. The number of benzene rings is 1. The van der Waals surface area contributed by atoms with Crippen LogP contribution in [0.1, 0.15) is 10.4 Å². The lowest BCUT2D eigenvalue weighted by Crippen LogP contribution is -2.23. The van der Waals surface area contributed by atoms with Gasteiger partial charge in [0, 0.05) is 0 Å². The first-order valence-corrected chi connectivity index (χ1v) is 4.85. The van der Waals surface area contributed by atoms with Gasteiger partial charge in [0.2, 0.25) is 0 Å². The molecule has 0 aliphatic carbocycles. The average Bonchev–Trinajstić information content (AvgIpc) is 2.22. The van der Waals surface area contributed by atoms with Gasteiger partial charge in [-0.25, -0.2) is 9.59 Å². The van der Waals surface area contributed by atoms with Gasteiger partial charge in [-0.15, -0.1) is 0 Å². The zero-order chi connectivity index (χ0) is 13.2. The SMILES string of the molecule is O=C(O)C(=O)Nc1c(Cl)ccc(Cl)c1C(=O)O. The maximum absolute atomic E-state index is 10.9. The van der Waals surface area contributed by atoms with E-state index in [1.807, 2.05) is 5.32 Å². The van der Waals surface area contributed by atoms with Crippen molar-refractivity contribution in [2.75, 3.05) is 5.32 Å². The molecule has 1 amide bonds. The van der Waals surface area contributed by atoms with Gasteiger partial charge in [0.1, 0.15) is 5.56 Å². The van der Waals surface area contributed by atoms with Gasteiger partial charge in [-0.3, -0.25) is 4.79 Å². The molecule has 17 heavy (non-hydrogen) atoms. The van der Waals surface area contributed by atoms with Crippen molar-refractivity contribution in [1.82, 2.24) is 0 Å². The number of amides is 1. The molecule has 0 aromatic heterocycles. The number of hydrogen-bond acceptors (Lipinski definition) is 3. The number of carbonyl (C=O) groups is 3. The minimum absolute atomic E-state index is 0.124.